The van der Waals surface area contributed by atoms with Crippen molar-refractivity contribution >= 4 is 35.1 Å². The van der Waals surface area contributed by atoms with Crippen LogP contribution in [0, 0.1) is 5.92 Å². The number of piperazine rings is 1. The van der Waals surface area contributed by atoms with Crippen LogP contribution >= 0.6 is 11.6 Å². The van der Waals surface area contributed by atoms with Crippen LogP contribution in [-0.2, 0) is 23.9 Å². The van der Waals surface area contributed by atoms with Crippen LogP contribution in [0.5, 0.6) is 0 Å². The minimum absolute atomic E-state index is 0.110. The van der Waals surface area contributed by atoms with Crippen LogP contribution in [0.4, 0.5) is 5.69 Å². The van der Waals surface area contributed by atoms with Gasteiger partial charge >= 0.3 is 5.97 Å². The van der Waals surface area contributed by atoms with Gasteiger partial charge in [0.1, 0.15) is 6.04 Å². The van der Waals surface area contributed by atoms with Gasteiger partial charge in [-0.25, -0.2) is 4.79 Å². The molecule has 9 heteroatoms. The molecule has 0 aliphatic carbocycles. The molecule has 2 amide bonds. The Labute approximate surface area is 187 Å². The number of nitrogens with zero attached hydrogens (tertiary/aromatic N) is 2. The van der Waals surface area contributed by atoms with E-state index in [9.17, 15) is 14.4 Å². The standard InChI is InChI=1S/C22H30ClN3O5/c1-4-30-22(29)19-18(31-19)20(27)24-17(12-14(2)3)21(28)26-10-8-25(9-11-26)16-7-5-6-15(23)13-16/h5-7,13-14,17-19H,4,8-12H2,1-3H3,(H,24,27)/t17-,18-,19-/m0/s1. The van der Waals surface area contributed by atoms with Gasteiger partial charge in [-0.15, -0.1) is 0 Å². The predicted molar refractivity (Wildman–Crippen MR) is 117 cm³/mol. The number of anilines is 1. The summed E-state index contributed by atoms with van der Waals surface area (Å²) in [4.78, 5) is 41.4. The maximum absolute atomic E-state index is 13.2. The molecule has 31 heavy (non-hydrogen) atoms. The zero-order valence-electron chi connectivity index (χ0n) is 18.2. The average Bonchev–Trinajstić information content (AvgIpc) is 3.54. The summed E-state index contributed by atoms with van der Waals surface area (Å²) in [5.74, 6) is -0.898. The lowest BCUT2D eigenvalue weighted by Gasteiger charge is -2.38. The van der Waals surface area contributed by atoms with Gasteiger partial charge in [-0.2, -0.15) is 0 Å². The minimum Gasteiger partial charge on any atom is -0.464 e. The first-order valence-corrected chi connectivity index (χ1v) is 11.1. The first-order valence-electron chi connectivity index (χ1n) is 10.7. The van der Waals surface area contributed by atoms with Crippen molar-refractivity contribution in [3.8, 4) is 0 Å². The van der Waals surface area contributed by atoms with E-state index in [0.29, 0.717) is 37.6 Å². The van der Waals surface area contributed by atoms with Crippen molar-refractivity contribution in [3.05, 3.63) is 29.3 Å². The van der Waals surface area contributed by atoms with E-state index in [4.69, 9.17) is 21.1 Å². The number of esters is 1. The molecule has 3 rings (SSSR count). The van der Waals surface area contributed by atoms with Crippen molar-refractivity contribution in [2.24, 2.45) is 5.92 Å². The van der Waals surface area contributed by atoms with Crippen molar-refractivity contribution in [1.29, 1.82) is 0 Å². The molecular weight excluding hydrogens is 422 g/mol. The highest BCUT2D eigenvalue weighted by atomic mass is 35.5. The number of halogens is 1. The van der Waals surface area contributed by atoms with Crippen molar-refractivity contribution in [2.45, 2.75) is 45.4 Å². The molecule has 0 saturated carbocycles. The Morgan fingerprint density at radius 2 is 1.90 bits per heavy atom. The number of carbonyl (C=O) groups is 3. The highest BCUT2D eigenvalue weighted by molar-refractivity contribution is 6.30. The molecule has 1 aromatic carbocycles. The van der Waals surface area contributed by atoms with Crippen molar-refractivity contribution in [3.63, 3.8) is 0 Å². The van der Waals surface area contributed by atoms with Gasteiger partial charge in [-0.1, -0.05) is 31.5 Å². The third kappa shape index (κ3) is 6.11. The molecule has 1 aromatic rings. The average molecular weight is 452 g/mol. The summed E-state index contributed by atoms with van der Waals surface area (Å²) in [5.41, 5.74) is 1.03. The highest BCUT2D eigenvalue weighted by Gasteiger charge is 2.52. The molecular formula is C22H30ClN3O5. The fourth-order valence-corrected chi connectivity index (χ4v) is 3.92. The van der Waals surface area contributed by atoms with E-state index >= 15 is 0 Å². The van der Waals surface area contributed by atoms with Crippen molar-refractivity contribution in [1.82, 2.24) is 10.2 Å². The number of rotatable bonds is 8. The summed E-state index contributed by atoms with van der Waals surface area (Å²) in [6.07, 6.45) is -1.26. The van der Waals surface area contributed by atoms with Crippen LogP contribution in [-0.4, -0.2) is 73.7 Å². The lowest BCUT2D eigenvalue weighted by atomic mass is 10.0. The summed E-state index contributed by atoms with van der Waals surface area (Å²) in [6, 6.07) is 7.00. The van der Waals surface area contributed by atoms with Gasteiger partial charge in [0.25, 0.3) is 5.91 Å². The Kier molecular flexibility index (Phi) is 7.78. The Bertz CT molecular complexity index is 810. The number of amides is 2. The van der Waals surface area contributed by atoms with Crippen LogP contribution in [0.1, 0.15) is 27.2 Å². The van der Waals surface area contributed by atoms with Gasteiger partial charge in [0.15, 0.2) is 12.2 Å². The van der Waals surface area contributed by atoms with E-state index < -0.39 is 30.1 Å². The van der Waals surface area contributed by atoms with Crippen LogP contribution in [0.3, 0.4) is 0 Å². The Hall–Kier alpha value is -2.32. The lowest BCUT2D eigenvalue weighted by Crippen LogP contribution is -2.56. The number of carbonyl (C=O) groups excluding carboxylic acids is 3. The zero-order chi connectivity index (χ0) is 22.5. The Morgan fingerprint density at radius 1 is 1.19 bits per heavy atom. The number of epoxide rings is 1. The minimum atomic E-state index is -0.888. The van der Waals surface area contributed by atoms with E-state index in [-0.39, 0.29) is 18.4 Å². The fourth-order valence-electron chi connectivity index (χ4n) is 3.74. The Morgan fingerprint density at radius 3 is 2.52 bits per heavy atom. The van der Waals surface area contributed by atoms with Crippen LogP contribution < -0.4 is 10.2 Å². The number of benzene rings is 1. The van der Waals surface area contributed by atoms with E-state index in [1.807, 2.05) is 38.1 Å². The van der Waals surface area contributed by atoms with Gasteiger partial charge < -0.3 is 24.6 Å². The summed E-state index contributed by atoms with van der Waals surface area (Å²) in [5, 5.41) is 3.47. The van der Waals surface area contributed by atoms with Crippen molar-refractivity contribution in [2.75, 3.05) is 37.7 Å². The molecule has 3 atom stereocenters. The molecule has 2 aliphatic heterocycles. The quantitative estimate of drug-likeness (QED) is 0.479. The highest BCUT2D eigenvalue weighted by Crippen LogP contribution is 2.25. The monoisotopic (exact) mass is 451 g/mol. The topological polar surface area (TPSA) is 91.5 Å². The van der Waals surface area contributed by atoms with Gasteiger partial charge in [0, 0.05) is 36.9 Å². The lowest BCUT2D eigenvalue weighted by molar-refractivity contribution is -0.144. The second-order valence-corrected chi connectivity index (χ2v) is 8.65. The normalized spacial score (nSPS) is 21.6. The molecule has 2 fully saturated rings. The second kappa shape index (κ2) is 10.3. The van der Waals surface area contributed by atoms with E-state index in [0.717, 1.165) is 5.69 Å². The smallest absolute Gasteiger partial charge is 0.338 e. The molecule has 1 N–H and O–H groups in total. The SMILES string of the molecule is CCOC(=O)[C@H]1O[C@@H]1C(=O)N[C@@H](CC(C)C)C(=O)N1CCN(c2cccc(Cl)c2)CC1. The molecule has 0 radical (unpaired) electrons. The molecule has 2 saturated heterocycles. The summed E-state index contributed by atoms with van der Waals surface area (Å²) >= 11 is 6.09. The molecule has 0 spiro atoms. The maximum Gasteiger partial charge on any atom is 0.338 e. The van der Waals surface area contributed by atoms with E-state index in [1.165, 1.54) is 0 Å². The first-order chi connectivity index (χ1) is 14.8. The Balaban J connectivity index is 1.56. The molecule has 2 heterocycles. The van der Waals surface area contributed by atoms with Crippen LogP contribution in [0.15, 0.2) is 24.3 Å². The summed E-state index contributed by atoms with van der Waals surface area (Å²) in [6.45, 7) is 8.40. The molecule has 2 aliphatic rings. The largest absolute Gasteiger partial charge is 0.464 e. The number of ether oxygens (including phenoxy) is 2. The fraction of sp³-hybridized carbons (Fsp3) is 0.591. The maximum atomic E-state index is 13.2. The number of hydrogen-bond donors (Lipinski definition) is 1. The van der Waals surface area contributed by atoms with Gasteiger partial charge in [0.2, 0.25) is 5.91 Å². The molecule has 0 bridgehead atoms. The van der Waals surface area contributed by atoms with Crippen LogP contribution in [0.25, 0.3) is 0 Å². The van der Waals surface area contributed by atoms with Gasteiger partial charge in [-0.05, 0) is 37.5 Å². The first kappa shape index (κ1) is 23.3. The summed E-state index contributed by atoms with van der Waals surface area (Å²) < 4.78 is 10.0. The third-order valence-corrected chi connectivity index (χ3v) is 5.59. The number of nitrogens with one attached hydrogen (secondary N) is 1. The predicted octanol–water partition coefficient (Wildman–Crippen LogP) is 1.85. The molecule has 0 unspecified atom stereocenters. The number of hydrogen-bond acceptors (Lipinski definition) is 6. The van der Waals surface area contributed by atoms with Crippen LogP contribution in [0.2, 0.25) is 5.02 Å². The molecule has 170 valence electrons. The summed E-state index contributed by atoms with van der Waals surface area (Å²) in [7, 11) is 0. The second-order valence-electron chi connectivity index (χ2n) is 8.21. The van der Waals surface area contributed by atoms with E-state index in [2.05, 4.69) is 10.2 Å². The zero-order valence-corrected chi connectivity index (χ0v) is 18.9. The van der Waals surface area contributed by atoms with Crippen molar-refractivity contribution < 1.29 is 23.9 Å². The third-order valence-electron chi connectivity index (χ3n) is 5.36. The van der Waals surface area contributed by atoms with Gasteiger partial charge in [-0.3, -0.25) is 9.59 Å². The molecule has 0 aromatic heterocycles. The van der Waals surface area contributed by atoms with Gasteiger partial charge in [0.05, 0.1) is 6.61 Å². The molecule has 8 nitrogen and oxygen atoms in total. The van der Waals surface area contributed by atoms with E-state index in [1.54, 1.807) is 11.8 Å².